The zero-order chi connectivity index (χ0) is 11.7. The Hall–Kier alpha value is -0.700. The van der Waals surface area contributed by atoms with E-state index in [0.29, 0.717) is 5.41 Å². The van der Waals surface area contributed by atoms with Gasteiger partial charge in [0.2, 0.25) is 0 Å². The quantitative estimate of drug-likeness (QED) is 0.765. The van der Waals surface area contributed by atoms with Crippen LogP contribution in [-0.2, 0) is 0 Å². The number of anilines is 1. The molecule has 1 aliphatic heterocycles. The van der Waals surface area contributed by atoms with Gasteiger partial charge in [0.1, 0.15) is 5.82 Å². The van der Waals surface area contributed by atoms with Crippen LogP contribution < -0.4 is 4.90 Å². The summed E-state index contributed by atoms with van der Waals surface area (Å²) in [5.74, 6) is 1.10. The summed E-state index contributed by atoms with van der Waals surface area (Å²) < 4.78 is 0. The molecule has 0 unspecified atom stereocenters. The van der Waals surface area contributed by atoms with Crippen LogP contribution in [0.15, 0.2) is 23.2 Å². The predicted molar refractivity (Wildman–Crippen MR) is 73.8 cm³/mol. The van der Waals surface area contributed by atoms with E-state index in [9.17, 15) is 0 Å². The standard InChI is InChI=1S/C14H20N2S/c17-13-5-3-4-12(15-13)16-10-8-14(9-11-16)6-1-2-7-14/h3-5H,1-2,6-11H2,(H,15,17). The van der Waals surface area contributed by atoms with Crippen LogP contribution in [0.25, 0.3) is 0 Å². The highest BCUT2D eigenvalue weighted by atomic mass is 32.1. The molecule has 2 aliphatic rings. The van der Waals surface area contributed by atoms with Gasteiger partial charge in [0, 0.05) is 13.1 Å². The minimum Gasteiger partial charge on any atom is -0.357 e. The second kappa shape index (κ2) is 4.52. The van der Waals surface area contributed by atoms with E-state index in [1.54, 1.807) is 0 Å². The van der Waals surface area contributed by atoms with Gasteiger partial charge in [0.15, 0.2) is 0 Å². The van der Waals surface area contributed by atoms with Crippen LogP contribution in [0.1, 0.15) is 38.5 Å². The summed E-state index contributed by atoms with van der Waals surface area (Å²) in [4.78, 5) is 6.92. The van der Waals surface area contributed by atoms with Gasteiger partial charge in [0.05, 0.1) is 5.03 Å². The summed E-state index contributed by atoms with van der Waals surface area (Å²) in [6.45, 7) is 2.34. The Balaban J connectivity index is 1.68. The van der Waals surface area contributed by atoms with Crippen molar-refractivity contribution in [3.8, 4) is 0 Å². The summed E-state index contributed by atoms with van der Waals surface area (Å²) >= 11 is 4.32. The summed E-state index contributed by atoms with van der Waals surface area (Å²) in [7, 11) is 0. The highest BCUT2D eigenvalue weighted by Crippen LogP contribution is 2.46. The van der Waals surface area contributed by atoms with Crippen molar-refractivity contribution in [2.45, 2.75) is 43.6 Å². The first-order valence-electron chi connectivity index (χ1n) is 6.69. The first-order valence-corrected chi connectivity index (χ1v) is 7.13. The molecule has 1 aliphatic carbocycles. The highest BCUT2D eigenvalue weighted by Gasteiger charge is 2.37. The van der Waals surface area contributed by atoms with Gasteiger partial charge in [-0.15, -0.1) is 12.6 Å². The number of pyridine rings is 1. The van der Waals surface area contributed by atoms with Crippen LogP contribution in [0.4, 0.5) is 5.82 Å². The van der Waals surface area contributed by atoms with Crippen LogP contribution >= 0.6 is 12.6 Å². The van der Waals surface area contributed by atoms with Crippen molar-refractivity contribution < 1.29 is 0 Å². The maximum atomic E-state index is 4.50. The van der Waals surface area contributed by atoms with Crippen LogP contribution in [0.3, 0.4) is 0 Å². The predicted octanol–water partition coefficient (Wildman–Crippen LogP) is 3.53. The highest BCUT2D eigenvalue weighted by molar-refractivity contribution is 7.80. The Morgan fingerprint density at radius 2 is 1.76 bits per heavy atom. The van der Waals surface area contributed by atoms with Crippen LogP contribution in [0, 0.1) is 5.41 Å². The summed E-state index contributed by atoms with van der Waals surface area (Å²) in [5.41, 5.74) is 0.690. The van der Waals surface area contributed by atoms with Gasteiger partial charge in [0.25, 0.3) is 0 Å². The molecule has 0 radical (unpaired) electrons. The molecule has 0 atom stereocenters. The van der Waals surface area contributed by atoms with Crippen molar-refractivity contribution in [2.24, 2.45) is 5.41 Å². The third-order valence-electron chi connectivity index (χ3n) is 4.53. The Morgan fingerprint density at radius 3 is 2.41 bits per heavy atom. The molecule has 1 spiro atoms. The van der Waals surface area contributed by atoms with Gasteiger partial charge >= 0.3 is 0 Å². The van der Waals surface area contributed by atoms with Gasteiger partial charge in [-0.25, -0.2) is 4.98 Å². The van der Waals surface area contributed by atoms with E-state index < -0.39 is 0 Å². The molecule has 1 aromatic rings. The maximum absolute atomic E-state index is 4.50. The maximum Gasteiger partial charge on any atom is 0.129 e. The molecule has 2 nitrogen and oxygen atoms in total. The molecule has 17 heavy (non-hydrogen) atoms. The lowest BCUT2D eigenvalue weighted by molar-refractivity contribution is 0.226. The Kier molecular flexibility index (Phi) is 3.03. The molecule has 3 heteroatoms. The third kappa shape index (κ3) is 2.30. The minimum atomic E-state index is 0.690. The number of hydrogen-bond donors (Lipinski definition) is 1. The first-order chi connectivity index (χ1) is 8.27. The van der Waals surface area contributed by atoms with Gasteiger partial charge in [-0.2, -0.15) is 0 Å². The van der Waals surface area contributed by atoms with Gasteiger partial charge in [-0.3, -0.25) is 0 Å². The van der Waals surface area contributed by atoms with Crippen LogP contribution in [0.5, 0.6) is 0 Å². The minimum absolute atomic E-state index is 0.690. The van der Waals surface area contributed by atoms with Gasteiger partial charge in [-0.05, 0) is 43.2 Å². The van der Waals surface area contributed by atoms with E-state index in [1.807, 2.05) is 12.1 Å². The molecular formula is C14H20N2S. The van der Waals surface area contributed by atoms with Crippen molar-refractivity contribution >= 4 is 18.4 Å². The van der Waals surface area contributed by atoms with Crippen LogP contribution in [-0.4, -0.2) is 18.1 Å². The molecule has 0 amide bonds. The molecule has 1 aromatic heterocycles. The van der Waals surface area contributed by atoms with Crippen molar-refractivity contribution in [1.82, 2.24) is 4.98 Å². The molecule has 1 saturated carbocycles. The average Bonchev–Trinajstić information content (AvgIpc) is 2.79. The molecule has 92 valence electrons. The van der Waals surface area contributed by atoms with E-state index >= 15 is 0 Å². The molecule has 2 heterocycles. The molecule has 3 rings (SSSR count). The lowest BCUT2D eigenvalue weighted by Crippen LogP contribution is -2.39. The molecule has 0 aromatic carbocycles. The largest absolute Gasteiger partial charge is 0.357 e. The van der Waals surface area contributed by atoms with Crippen LogP contribution in [0.2, 0.25) is 0 Å². The molecule has 0 bridgehead atoms. The molecule has 2 fully saturated rings. The van der Waals surface area contributed by atoms with Crippen molar-refractivity contribution in [3.05, 3.63) is 18.2 Å². The third-order valence-corrected chi connectivity index (χ3v) is 4.78. The fourth-order valence-electron chi connectivity index (χ4n) is 3.42. The Bertz CT molecular complexity index is 389. The zero-order valence-corrected chi connectivity index (χ0v) is 11.1. The monoisotopic (exact) mass is 248 g/mol. The number of nitrogens with zero attached hydrogens (tertiary/aromatic N) is 2. The number of aromatic nitrogens is 1. The van der Waals surface area contributed by atoms with E-state index in [0.717, 1.165) is 10.8 Å². The van der Waals surface area contributed by atoms with Gasteiger partial charge in [-0.1, -0.05) is 18.9 Å². The number of piperidine rings is 1. The SMILES string of the molecule is Sc1cccc(N2CCC3(CCCC3)CC2)n1. The number of rotatable bonds is 1. The average molecular weight is 248 g/mol. The van der Waals surface area contributed by atoms with E-state index in [4.69, 9.17) is 0 Å². The van der Waals surface area contributed by atoms with E-state index in [2.05, 4.69) is 28.6 Å². The van der Waals surface area contributed by atoms with Crippen molar-refractivity contribution in [2.75, 3.05) is 18.0 Å². The number of thiol groups is 1. The van der Waals surface area contributed by atoms with Gasteiger partial charge < -0.3 is 4.90 Å². The number of hydrogen-bond acceptors (Lipinski definition) is 3. The van der Waals surface area contributed by atoms with Crippen molar-refractivity contribution in [3.63, 3.8) is 0 Å². The smallest absolute Gasteiger partial charge is 0.129 e. The normalized spacial score (nSPS) is 23.2. The Labute approximate surface area is 109 Å². The topological polar surface area (TPSA) is 16.1 Å². The lowest BCUT2D eigenvalue weighted by Gasteiger charge is -2.40. The fourth-order valence-corrected chi connectivity index (χ4v) is 3.61. The molecule has 1 saturated heterocycles. The first kappa shape index (κ1) is 11.4. The molecule has 0 N–H and O–H groups in total. The Morgan fingerprint density at radius 1 is 1.06 bits per heavy atom. The summed E-state index contributed by atoms with van der Waals surface area (Å²) in [6.07, 6.45) is 8.52. The molecular weight excluding hydrogens is 228 g/mol. The fraction of sp³-hybridized carbons (Fsp3) is 0.643. The zero-order valence-electron chi connectivity index (χ0n) is 10.2. The van der Waals surface area contributed by atoms with E-state index in [-0.39, 0.29) is 0 Å². The summed E-state index contributed by atoms with van der Waals surface area (Å²) in [5, 5.41) is 0.823. The summed E-state index contributed by atoms with van der Waals surface area (Å²) in [6, 6.07) is 6.09. The second-order valence-electron chi connectivity index (χ2n) is 5.55. The van der Waals surface area contributed by atoms with Crippen molar-refractivity contribution in [1.29, 1.82) is 0 Å². The van der Waals surface area contributed by atoms with E-state index in [1.165, 1.54) is 51.6 Å². The second-order valence-corrected chi connectivity index (χ2v) is 6.01. The lowest BCUT2D eigenvalue weighted by atomic mass is 9.77.